The molecule has 8 atom stereocenters. The molecule has 0 unspecified atom stereocenters. The maximum atomic E-state index is 14.2. The van der Waals surface area contributed by atoms with E-state index in [9.17, 15) is 37.3 Å². The van der Waals surface area contributed by atoms with Crippen molar-refractivity contribution in [2.24, 2.45) is 34.0 Å². The first kappa shape index (κ1) is 39.4. The van der Waals surface area contributed by atoms with Crippen LogP contribution < -0.4 is 9.34 Å². The van der Waals surface area contributed by atoms with E-state index in [1.54, 1.807) is 6.07 Å². The molecule has 2 bridgehead atoms. The number of Topliss-reactive ketones (excluding diaryl/α,β-unsaturated/α-hetero) is 1. The van der Waals surface area contributed by atoms with Crippen LogP contribution in [0, 0.1) is 38.9 Å². The number of hydrogen-bond donors (Lipinski definition) is 1. The predicted molar refractivity (Wildman–Crippen MR) is 186 cm³/mol. The molecular formula is C38H45N2O15S+. The summed E-state index contributed by atoms with van der Waals surface area (Å²) in [5, 5.41) is 1.37. The van der Waals surface area contributed by atoms with Gasteiger partial charge in [0.2, 0.25) is 10.9 Å². The van der Waals surface area contributed by atoms with Crippen LogP contribution in [-0.4, -0.2) is 81.6 Å². The second-order valence-corrected chi connectivity index (χ2v) is 17.7. The highest BCUT2D eigenvalue weighted by atomic mass is 32.2. The fourth-order valence-electron chi connectivity index (χ4n) is 10.1. The summed E-state index contributed by atoms with van der Waals surface area (Å²) in [6, 6.07) is 7.26. The number of carbonyl (C=O) groups is 5. The Kier molecular flexibility index (Phi) is 10.3. The third kappa shape index (κ3) is 6.24. The van der Waals surface area contributed by atoms with E-state index in [0.717, 1.165) is 0 Å². The van der Waals surface area contributed by atoms with E-state index in [1.165, 1.54) is 31.2 Å². The minimum atomic E-state index is -4.26. The first-order chi connectivity index (χ1) is 26.6. The third-order valence-electron chi connectivity index (χ3n) is 12.3. The maximum absolute atomic E-state index is 14.2. The minimum Gasteiger partial charge on any atom is -0.466 e. The zero-order chi connectivity index (χ0) is 40.2. The zero-order valence-electron chi connectivity index (χ0n) is 31.3. The van der Waals surface area contributed by atoms with Crippen LogP contribution in [0.5, 0.6) is 5.88 Å². The van der Waals surface area contributed by atoms with Crippen LogP contribution in [0.1, 0.15) is 72.1 Å². The van der Waals surface area contributed by atoms with Crippen LogP contribution in [0.4, 0.5) is 0 Å². The number of aromatic nitrogens is 2. The van der Waals surface area contributed by atoms with Gasteiger partial charge in [0.25, 0.3) is 9.84 Å². The monoisotopic (exact) mass is 801 g/mol. The van der Waals surface area contributed by atoms with Crippen molar-refractivity contribution in [2.75, 3.05) is 19.8 Å². The van der Waals surface area contributed by atoms with Gasteiger partial charge in [0.15, 0.2) is 11.2 Å². The van der Waals surface area contributed by atoms with Gasteiger partial charge in [0, 0.05) is 43.4 Å². The van der Waals surface area contributed by atoms with E-state index in [-0.39, 0.29) is 60.6 Å². The number of rotatable bonds is 13. The van der Waals surface area contributed by atoms with Crippen LogP contribution in [0.25, 0.3) is 0 Å². The van der Waals surface area contributed by atoms with Crippen molar-refractivity contribution < 1.29 is 70.0 Å². The smallest absolute Gasteiger partial charge is 0.404 e. The molecule has 3 aliphatic carbocycles. The number of carbonyl (C=O) groups excluding carboxylic acids is 5. The lowest BCUT2D eigenvalue weighted by molar-refractivity contribution is -0.744. The van der Waals surface area contributed by atoms with E-state index < -0.39 is 103 Å². The summed E-state index contributed by atoms with van der Waals surface area (Å²) in [4.78, 5) is 78.3. The highest BCUT2D eigenvalue weighted by Gasteiger charge is 2.81. The summed E-state index contributed by atoms with van der Waals surface area (Å²) in [6.07, 6.45) is -0.705. The zero-order valence-corrected chi connectivity index (χ0v) is 32.1. The minimum absolute atomic E-state index is 0.0513. The number of nitrogens with zero attached hydrogens (tertiary/aromatic N) is 1. The van der Waals surface area contributed by atoms with Crippen molar-refractivity contribution >= 4 is 39.5 Å². The molecule has 0 amide bonds. The van der Waals surface area contributed by atoms with Crippen LogP contribution in [0.15, 0.2) is 57.0 Å². The number of H-pyrrole nitrogens is 1. The molecule has 2 saturated heterocycles. The van der Waals surface area contributed by atoms with E-state index in [0.29, 0.717) is 25.7 Å². The molecule has 2 spiro atoms. The van der Waals surface area contributed by atoms with Gasteiger partial charge in [-0.2, -0.15) is 0 Å². The summed E-state index contributed by atoms with van der Waals surface area (Å²) < 4.78 is 64.9. The number of aromatic amines is 1. The van der Waals surface area contributed by atoms with Gasteiger partial charge in [-0.15, -0.1) is 0 Å². The maximum Gasteiger partial charge on any atom is 0.404 e. The molecule has 302 valence electrons. The quantitative estimate of drug-likeness (QED) is 0.101. The molecule has 1 aromatic carbocycles. The molecule has 2 aliphatic heterocycles. The number of hydrogen-bond acceptors (Lipinski definition) is 15. The summed E-state index contributed by atoms with van der Waals surface area (Å²) in [5.74, 6) is -5.11. The third-order valence-corrected chi connectivity index (χ3v) is 14.0. The van der Waals surface area contributed by atoms with E-state index in [4.69, 9.17) is 28.4 Å². The van der Waals surface area contributed by atoms with Gasteiger partial charge in [-0.25, -0.2) is 8.42 Å². The van der Waals surface area contributed by atoms with E-state index in [2.05, 4.69) is 30.2 Å². The Labute approximate surface area is 321 Å². The van der Waals surface area contributed by atoms with Crippen molar-refractivity contribution in [3.05, 3.63) is 47.4 Å². The van der Waals surface area contributed by atoms with Gasteiger partial charge >= 0.3 is 34.8 Å². The first-order valence-corrected chi connectivity index (χ1v) is 20.2. The van der Waals surface area contributed by atoms with Crippen LogP contribution in [0.2, 0.25) is 0 Å². The van der Waals surface area contributed by atoms with E-state index >= 15 is 0 Å². The summed E-state index contributed by atoms with van der Waals surface area (Å²) in [7, 11) is -4.26. The Morgan fingerprint density at radius 3 is 2.46 bits per heavy atom. The number of sulfone groups is 1. The van der Waals surface area contributed by atoms with Crippen molar-refractivity contribution in [2.45, 2.75) is 101 Å². The molecule has 5 fully saturated rings. The summed E-state index contributed by atoms with van der Waals surface area (Å²) >= 11 is 0. The van der Waals surface area contributed by atoms with Gasteiger partial charge in [-0.1, -0.05) is 43.3 Å². The largest absolute Gasteiger partial charge is 0.466 e. The lowest BCUT2D eigenvalue weighted by Gasteiger charge is -2.62. The Bertz CT molecular complexity index is 2110. The number of ketones is 1. The summed E-state index contributed by atoms with van der Waals surface area (Å²) in [5.41, 5.74) is -2.91. The Hall–Kier alpha value is -4.84. The van der Waals surface area contributed by atoms with Gasteiger partial charge in [-0.05, 0) is 71.2 Å². The molecular weight excluding hydrogens is 756 g/mol. The number of benzene rings is 1. The highest BCUT2D eigenvalue weighted by Crippen LogP contribution is 2.71. The lowest BCUT2D eigenvalue weighted by Crippen LogP contribution is -2.71. The standard InChI is InChI=1S/C38H45N2O15S/c1-21-24-14-15-25-37-20-51-34(52-22(2)41)29(37)36(3,4)17-16-26(37)53-35(45)38(25,30(21)44)31(24)54-28(43)13-8-12-27(42)49-18-9-19-50-32-33(40(46)55-39-32)56(47,48)23-10-6-5-7-11-23/h5-7,10-11,24-26,29,31,34,39H,1,8-9,12-20H2,2-4H3/q+1/t24-,25-,26-,29+,31+,34-,37+,38-/m0/s1. The summed E-state index contributed by atoms with van der Waals surface area (Å²) in [6.45, 7) is 9.30. The molecule has 2 aromatic rings. The Balaban J connectivity index is 0.949. The number of esters is 4. The normalized spacial score (nSPS) is 31.4. The number of ether oxygens (including phenoxy) is 6. The van der Waals surface area contributed by atoms with Crippen molar-refractivity contribution in [1.29, 1.82) is 0 Å². The number of fused-ring (bicyclic) bond motifs is 1. The molecule has 18 heteroatoms. The second kappa shape index (κ2) is 14.6. The molecule has 3 saturated carbocycles. The van der Waals surface area contributed by atoms with Gasteiger partial charge in [0.1, 0.15) is 12.2 Å². The van der Waals surface area contributed by atoms with Crippen LogP contribution >= 0.6 is 0 Å². The topological polar surface area (TPSA) is 227 Å². The van der Waals surface area contributed by atoms with Gasteiger partial charge in [-0.3, -0.25) is 24.0 Å². The van der Waals surface area contributed by atoms with Gasteiger partial charge < -0.3 is 28.4 Å². The molecule has 5 aliphatic rings. The van der Waals surface area contributed by atoms with Crippen LogP contribution in [0.3, 0.4) is 0 Å². The highest BCUT2D eigenvalue weighted by molar-refractivity contribution is 7.91. The molecule has 7 rings (SSSR count). The fourth-order valence-corrected chi connectivity index (χ4v) is 11.4. The van der Waals surface area contributed by atoms with Crippen molar-refractivity contribution in [3.8, 4) is 5.88 Å². The molecule has 3 heterocycles. The lowest BCUT2D eigenvalue weighted by atomic mass is 9.43. The second-order valence-electron chi connectivity index (χ2n) is 15.8. The Morgan fingerprint density at radius 2 is 1.73 bits per heavy atom. The van der Waals surface area contributed by atoms with Crippen molar-refractivity contribution in [3.63, 3.8) is 0 Å². The van der Waals surface area contributed by atoms with Gasteiger partial charge in [0.05, 0.1) is 24.7 Å². The predicted octanol–water partition coefficient (Wildman–Crippen LogP) is 3.17. The molecule has 17 nitrogen and oxygen atoms in total. The average molecular weight is 802 g/mol. The van der Waals surface area contributed by atoms with Crippen LogP contribution in [-0.2, 0) is 57.5 Å². The Morgan fingerprint density at radius 1 is 1.00 bits per heavy atom. The number of nitrogens with one attached hydrogen (secondary N) is 1. The fraction of sp³-hybridized carbons (Fsp3) is 0.605. The SMILES string of the molecule is C=C1C(=O)[C@@]23C(=O)O[C@H]4CCC(C)(C)[C@H]5[C@H](OC(C)=O)OC[C@@]45[C@@H]2CC[C@@H]1[C@H]3OC(=O)CCCC(=O)OCCCOc1[nH]o[n+](=O)c1S(=O)(=O)c1ccccc1. The molecule has 56 heavy (non-hydrogen) atoms. The first-order valence-electron chi connectivity index (χ1n) is 18.7. The molecule has 1 aromatic heterocycles. The average Bonchev–Trinajstić information content (AvgIpc) is 3.75. The van der Waals surface area contributed by atoms with Crippen molar-refractivity contribution in [1.82, 2.24) is 5.16 Å². The molecule has 0 radical (unpaired) electrons. The van der Waals surface area contributed by atoms with E-state index in [1.807, 2.05) is 0 Å². The molecule has 1 N–H and O–H groups in total.